The van der Waals surface area contributed by atoms with Gasteiger partial charge in [-0.25, -0.2) is 22.8 Å². The summed E-state index contributed by atoms with van der Waals surface area (Å²) in [6.45, 7) is 1.44. The molecule has 0 aromatic carbocycles. The number of aromatic nitrogens is 7. The van der Waals surface area contributed by atoms with Gasteiger partial charge in [0.2, 0.25) is 27.7 Å². The van der Waals surface area contributed by atoms with Gasteiger partial charge in [-0.1, -0.05) is 11.6 Å². The molecule has 1 fully saturated rings. The van der Waals surface area contributed by atoms with Gasteiger partial charge in [0.25, 0.3) is 0 Å². The molecule has 37 heavy (non-hydrogen) atoms. The van der Waals surface area contributed by atoms with Gasteiger partial charge in [0, 0.05) is 25.4 Å². The van der Waals surface area contributed by atoms with E-state index < -0.39 is 27.5 Å². The fraction of sp³-hybridized carbons (Fsp3) is 0.524. The third-order valence-corrected chi connectivity index (χ3v) is 7.97. The molecule has 200 valence electrons. The lowest BCUT2D eigenvalue weighted by Crippen LogP contribution is -2.33. The highest BCUT2D eigenvalue weighted by Gasteiger charge is 2.37. The van der Waals surface area contributed by atoms with Crippen molar-refractivity contribution in [3.8, 4) is 17.4 Å². The van der Waals surface area contributed by atoms with E-state index in [1.807, 2.05) is 0 Å². The standard InChI is InChI=1S/C21H26ClFN8O5S/c1-11(16(34-2)17-24-8-13(22)9-25-17)37(32,33)30-21-29-28-18(12-5-6-14(23)7-12)31(21)15-19(35-3)26-10-27-20(15)36-4/h8-12,14,16H,5-7H2,1-4H3,(H,29,30)/t11-,12-,14+,16-/m0/s1. The van der Waals surface area contributed by atoms with Crippen LogP contribution in [0.4, 0.5) is 10.3 Å². The number of ether oxygens (including phenoxy) is 3. The molecule has 1 saturated carbocycles. The van der Waals surface area contributed by atoms with E-state index >= 15 is 0 Å². The Kier molecular flexibility index (Phi) is 8.04. The molecule has 3 aromatic rings. The molecule has 0 unspecified atom stereocenters. The summed E-state index contributed by atoms with van der Waals surface area (Å²) in [6, 6.07) is 0. The highest BCUT2D eigenvalue weighted by atomic mass is 35.5. The highest BCUT2D eigenvalue weighted by molar-refractivity contribution is 7.93. The lowest BCUT2D eigenvalue weighted by atomic mass is 10.1. The first kappa shape index (κ1) is 26.9. The van der Waals surface area contributed by atoms with E-state index in [2.05, 4.69) is 34.9 Å². The first-order valence-corrected chi connectivity index (χ1v) is 13.2. The number of nitrogens with one attached hydrogen (secondary N) is 1. The van der Waals surface area contributed by atoms with Crippen molar-refractivity contribution in [2.75, 3.05) is 26.1 Å². The Morgan fingerprint density at radius 1 is 1.08 bits per heavy atom. The quantitative estimate of drug-likeness (QED) is 0.391. The summed E-state index contributed by atoms with van der Waals surface area (Å²) in [5.74, 6) is 0.110. The number of sulfonamides is 1. The highest BCUT2D eigenvalue weighted by Crippen LogP contribution is 2.40. The molecule has 0 radical (unpaired) electrons. The van der Waals surface area contributed by atoms with Gasteiger partial charge >= 0.3 is 0 Å². The number of hydrogen-bond acceptors (Lipinski definition) is 11. The largest absolute Gasteiger partial charge is 0.479 e. The van der Waals surface area contributed by atoms with Crippen LogP contribution < -0.4 is 14.2 Å². The number of alkyl halides is 1. The average molecular weight is 557 g/mol. The van der Waals surface area contributed by atoms with Crippen LogP contribution in [-0.4, -0.2) is 75.9 Å². The Hall–Kier alpha value is -3.17. The molecule has 1 aliphatic carbocycles. The molecule has 0 saturated heterocycles. The topological polar surface area (TPSA) is 156 Å². The molecule has 0 aliphatic heterocycles. The second kappa shape index (κ2) is 11.1. The van der Waals surface area contributed by atoms with Crippen LogP contribution in [0.15, 0.2) is 18.7 Å². The lowest BCUT2D eigenvalue weighted by Gasteiger charge is -2.23. The van der Waals surface area contributed by atoms with Crippen LogP contribution in [0.3, 0.4) is 0 Å². The summed E-state index contributed by atoms with van der Waals surface area (Å²) in [5, 5.41) is 7.43. The molecule has 3 heterocycles. The fourth-order valence-electron chi connectivity index (χ4n) is 4.20. The fourth-order valence-corrected chi connectivity index (χ4v) is 5.43. The SMILES string of the molecule is COc1ncnc(OC)c1-n1c(NS(=O)(=O)[C@@H](C)[C@H](OC)c2ncc(Cl)cn2)nnc1[C@H]1CC[C@@H](F)C1. The van der Waals surface area contributed by atoms with Gasteiger partial charge in [-0.3, -0.25) is 9.29 Å². The normalized spacial score (nSPS) is 19.4. The van der Waals surface area contributed by atoms with E-state index in [1.54, 1.807) is 0 Å². The second-order valence-electron chi connectivity index (χ2n) is 8.33. The molecule has 4 atom stereocenters. The number of hydrogen-bond donors (Lipinski definition) is 1. The van der Waals surface area contributed by atoms with E-state index in [-0.39, 0.29) is 41.6 Å². The molecular weight excluding hydrogens is 531 g/mol. The number of halogens is 2. The van der Waals surface area contributed by atoms with Crippen molar-refractivity contribution < 1.29 is 27.0 Å². The Balaban J connectivity index is 1.78. The minimum Gasteiger partial charge on any atom is -0.479 e. The van der Waals surface area contributed by atoms with Crippen molar-refractivity contribution in [2.24, 2.45) is 0 Å². The smallest absolute Gasteiger partial charge is 0.245 e. The van der Waals surface area contributed by atoms with Crippen LogP contribution in [0.2, 0.25) is 5.02 Å². The van der Waals surface area contributed by atoms with Gasteiger partial charge in [-0.2, -0.15) is 9.97 Å². The van der Waals surface area contributed by atoms with Crippen LogP contribution in [0.5, 0.6) is 11.8 Å². The van der Waals surface area contributed by atoms with E-state index in [1.165, 1.54) is 51.5 Å². The first-order chi connectivity index (χ1) is 17.7. The molecule has 4 rings (SSSR count). The summed E-state index contributed by atoms with van der Waals surface area (Å²) in [5.41, 5.74) is 0.171. The zero-order chi connectivity index (χ0) is 26.7. The van der Waals surface area contributed by atoms with Gasteiger partial charge in [0.05, 0.1) is 19.2 Å². The van der Waals surface area contributed by atoms with Crippen molar-refractivity contribution in [2.45, 2.75) is 49.6 Å². The Morgan fingerprint density at radius 2 is 1.73 bits per heavy atom. The first-order valence-electron chi connectivity index (χ1n) is 11.2. The van der Waals surface area contributed by atoms with E-state index in [9.17, 15) is 12.8 Å². The molecule has 16 heteroatoms. The van der Waals surface area contributed by atoms with Crippen molar-refractivity contribution >= 4 is 27.6 Å². The molecule has 0 amide bonds. The number of nitrogens with zero attached hydrogens (tertiary/aromatic N) is 7. The van der Waals surface area contributed by atoms with Crippen LogP contribution in [0.1, 0.15) is 49.9 Å². The number of methoxy groups -OCH3 is 3. The summed E-state index contributed by atoms with van der Waals surface area (Å²) >= 11 is 5.86. The van der Waals surface area contributed by atoms with E-state index in [4.69, 9.17) is 25.8 Å². The van der Waals surface area contributed by atoms with Crippen LogP contribution in [-0.2, 0) is 14.8 Å². The second-order valence-corrected chi connectivity index (χ2v) is 10.8. The minimum atomic E-state index is -4.18. The maximum Gasteiger partial charge on any atom is 0.245 e. The molecule has 1 aliphatic rings. The van der Waals surface area contributed by atoms with Crippen molar-refractivity contribution in [1.82, 2.24) is 34.7 Å². The van der Waals surface area contributed by atoms with Gasteiger partial charge in [0.15, 0.2) is 11.5 Å². The Morgan fingerprint density at radius 3 is 2.27 bits per heavy atom. The zero-order valence-electron chi connectivity index (χ0n) is 20.5. The summed E-state index contributed by atoms with van der Waals surface area (Å²) in [4.78, 5) is 16.4. The Bertz CT molecular complexity index is 1320. The number of anilines is 1. The minimum absolute atomic E-state index is 0.0838. The molecule has 3 aromatic heterocycles. The lowest BCUT2D eigenvalue weighted by molar-refractivity contribution is 0.0950. The van der Waals surface area contributed by atoms with Crippen LogP contribution >= 0.6 is 11.6 Å². The van der Waals surface area contributed by atoms with Gasteiger partial charge < -0.3 is 14.2 Å². The molecule has 0 spiro atoms. The monoisotopic (exact) mass is 556 g/mol. The van der Waals surface area contributed by atoms with Crippen molar-refractivity contribution in [1.29, 1.82) is 0 Å². The van der Waals surface area contributed by atoms with Gasteiger partial charge in [-0.15, -0.1) is 10.2 Å². The summed E-state index contributed by atoms with van der Waals surface area (Å²) in [7, 11) is -0.0493. The average Bonchev–Trinajstić information content (AvgIpc) is 3.50. The Labute approximate surface area is 217 Å². The van der Waals surface area contributed by atoms with Crippen molar-refractivity contribution in [3.63, 3.8) is 0 Å². The molecule has 13 nitrogen and oxygen atoms in total. The van der Waals surface area contributed by atoms with Crippen molar-refractivity contribution in [3.05, 3.63) is 35.4 Å². The zero-order valence-corrected chi connectivity index (χ0v) is 22.1. The van der Waals surface area contributed by atoms with Gasteiger partial charge in [-0.05, 0) is 26.2 Å². The molecule has 0 bridgehead atoms. The number of rotatable bonds is 10. The van der Waals surface area contributed by atoms with Crippen LogP contribution in [0, 0.1) is 0 Å². The molecular formula is C21H26ClFN8O5S. The summed E-state index contributed by atoms with van der Waals surface area (Å²) in [6.07, 6.45) is 2.95. The predicted octanol–water partition coefficient (Wildman–Crippen LogP) is 2.64. The third-order valence-electron chi connectivity index (χ3n) is 6.09. The van der Waals surface area contributed by atoms with Crippen LogP contribution in [0.25, 0.3) is 5.69 Å². The van der Waals surface area contributed by atoms with Gasteiger partial charge in [0.1, 0.15) is 29.7 Å². The maximum absolute atomic E-state index is 14.1. The predicted molar refractivity (Wildman–Crippen MR) is 130 cm³/mol. The summed E-state index contributed by atoms with van der Waals surface area (Å²) < 4.78 is 61.2. The molecule has 1 N–H and O–H groups in total. The maximum atomic E-state index is 14.1. The third kappa shape index (κ3) is 5.43. The van der Waals surface area contributed by atoms with E-state index in [0.29, 0.717) is 23.7 Å². The van der Waals surface area contributed by atoms with E-state index in [0.717, 1.165) is 0 Å².